The molecule has 8 rings (SSSR count). The molecule has 0 bridgehead atoms. The minimum Gasteiger partial charge on any atom is -0.309 e. The number of nitrogens with zero attached hydrogens (tertiary/aromatic N) is 2. The van der Waals surface area contributed by atoms with E-state index in [0.29, 0.717) is 0 Å². The van der Waals surface area contributed by atoms with E-state index in [9.17, 15) is 0 Å². The van der Waals surface area contributed by atoms with Crippen molar-refractivity contribution in [1.29, 1.82) is 0 Å². The Morgan fingerprint density at radius 3 is 1.83 bits per heavy atom. The average Bonchev–Trinajstić information content (AvgIpc) is 3.34. The van der Waals surface area contributed by atoms with Gasteiger partial charge in [-0.15, -0.1) is 0 Å². The minimum atomic E-state index is 0.0918. The topological polar surface area (TPSA) is 17.8 Å². The molecule has 0 unspecified atom stereocenters. The van der Waals surface area contributed by atoms with Crippen LogP contribution in [0.2, 0.25) is 0 Å². The van der Waals surface area contributed by atoms with Gasteiger partial charge in [-0.3, -0.25) is 0 Å². The Bertz CT molecular complexity index is 2260. The summed E-state index contributed by atoms with van der Waals surface area (Å²) in [5.41, 5.74) is 8.16. The molecule has 41 heavy (non-hydrogen) atoms. The Morgan fingerprint density at radius 1 is 0.488 bits per heavy atom. The highest BCUT2D eigenvalue weighted by molar-refractivity contribution is 6.24. The summed E-state index contributed by atoms with van der Waals surface area (Å²) in [5, 5.41) is 8.71. The van der Waals surface area contributed by atoms with E-state index < -0.39 is 0 Å². The molecule has 0 atom stereocenters. The summed E-state index contributed by atoms with van der Waals surface area (Å²) in [6, 6.07) is 46.2. The molecule has 0 spiro atoms. The number of hydrogen-bond acceptors (Lipinski definition) is 1. The molecule has 6 aromatic carbocycles. The van der Waals surface area contributed by atoms with Gasteiger partial charge in [-0.1, -0.05) is 106 Å². The predicted octanol–water partition coefficient (Wildman–Crippen LogP) is 10.6. The number of aromatic nitrogens is 2. The van der Waals surface area contributed by atoms with Crippen molar-refractivity contribution in [3.63, 3.8) is 0 Å². The molecule has 0 amide bonds. The first kappa shape index (κ1) is 23.9. The number of rotatable bonds is 2. The lowest BCUT2D eigenvalue weighted by molar-refractivity contribution is 0.591. The van der Waals surface area contributed by atoms with Gasteiger partial charge in [0.2, 0.25) is 0 Å². The van der Waals surface area contributed by atoms with Crippen molar-refractivity contribution >= 4 is 54.3 Å². The Hall–Kier alpha value is -4.95. The molecule has 0 aliphatic carbocycles. The van der Waals surface area contributed by atoms with Crippen LogP contribution in [0.3, 0.4) is 0 Å². The van der Waals surface area contributed by atoms with Crippen LogP contribution in [0.4, 0.5) is 0 Å². The van der Waals surface area contributed by atoms with Crippen LogP contribution in [0.5, 0.6) is 0 Å². The summed E-state index contributed by atoms with van der Waals surface area (Å²) in [4.78, 5) is 5.30. The molecule has 8 aromatic rings. The molecule has 2 heterocycles. The number of fused-ring (bicyclic) bond motifs is 9. The zero-order valence-electron chi connectivity index (χ0n) is 23.5. The Labute approximate surface area is 239 Å². The summed E-state index contributed by atoms with van der Waals surface area (Å²) < 4.78 is 2.39. The lowest BCUT2D eigenvalue weighted by Gasteiger charge is -2.19. The van der Waals surface area contributed by atoms with E-state index in [4.69, 9.17) is 4.98 Å². The zero-order chi connectivity index (χ0) is 27.7. The third kappa shape index (κ3) is 3.68. The summed E-state index contributed by atoms with van der Waals surface area (Å²) in [7, 11) is 0. The van der Waals surface area contributed by atoms with E-state index in [1.807, 2.05) is 0 Å². The molecule has 0 aliphatic rings. The molecule has 196 valence electrons. The molecule has 0 saturated carbocycles. The Balaban J connectivity index is 1.35. The van der Waals surface area contributed by atoms with Crippen molar-refractivity contribution in [3.05, 3.63) is 133 Å². The Morgan fingerprint density at radius 2 is 1.10 bits per heavy atom. The van der Waals surface area contributed by atoms with Crippen molar-refractivity contribution in [1.82, 2.24) is 9.55 Å². The van der Waals surface area contributed by atoms with Crippen LogP contribution < -0.4 is 0 Å². The van der Waals surface area contributed by atoms with Crippen molar-refractivity contribution in [2.75, 3.05) is 0 Å². The van der Waals surface area contributed by atoms with Crippen LogP contribution in [0, 0.1) is 0 Å². The smallest absolute Gasteiger partial charge is 0.0794 e. The lowest BCUT2D eigenvalue weighted by Crippen LogP contribution is -2.10. The zero-order valence-corrected chi connectivity index (χ0v) is 23.5. The maximum Gasteiger partial charge on any atom is 0.0794 e. The highest BCUT2D eigenvalue weighted by Gasteiger charge is 2.18. The summed E-state index contributed by atoms with van der Waals surface area (Å²) in [6.45, 7) is 6.83. The molecule has 0 radical (unpaired) electrons. The molecule has 0 saturated heterocycles. The lowest BCUT2D eigenvalue weighted by atomic mass is 9.86. The van der Waals surface area contributed by atoms with E-state index >= 15 is 0 Å². The molecule has 2 aromatic heterocycles. The molecule has 2 heteroatoms. The van der Waals surface area contributed by atoms with Crippen molar-refractivity contribution in [2.45, 2.75) is 26.2 Å². The van der Waals surface area contributed by atoms with Gasteiger partial charge in [0.05, 0.1) is 22.2 Å². The maximum atomic E-state index is 5.30. The second-order valence-electron chi connectivity index (χ2n) is 12.1. The van der Waals surface area contributed by atoms with Gasteiger partial charge in [-0.25, -0.2) is 4.98 Å². The highest BCUT2D eigenvalue weighted by Crippen LogP contribution is 2.38. The van der Waals surface area contributed by atoms with Crippen LogP contribution in [-0.4, -0.2) is 9.55 Å². The molecular formula is C39H30N2. The van der Waals surface area contributed by atoms with Gasteiger partial charge >= 0.3 is 0 Å². The third-order valence-electron chi connectivity index (χ3n) is 8.52. The van der Waals surface area contributed by atoms with Gasteiger partial charge in [0, 0.05) is 32.8 Å². The molecule has 0 aliphatic heterocycles. The predicted molar refractivity (Wildman–Crippen MR) is 175 cm³/mol. The maximum absolute atomic E-state index is 5.30. The fourth-order valence-corrected chi connectivity index (χ4v) is 6.44. The van der Waals surface area contributed by atoms with E-state index in [0.717, 1.165) is 22.5 Å². The summed E-state index contributed by atoms with van der Waals surface area (Å²) in [6.07, 6.45) is 0. The van der Waals surface area contributed by atoms with E-state index in [1.165, 1.54) is 54.3 Å². The summed E-state index contributed by atoms with van der Waals surface area (Å²) >= 11 is 0. The average molecular weight is 527 g/mol. The monoisotopic (exact) mass is 526 g/mol. The largest absolute Gasteiger partial charge is 0.309 e. The summed E-state index contributed by atoms with van der Waals surface area (Å²) in [5.74, 6) is 0. The number of pyridine rings is 1. The first-order valence-electron chi connectivity index (χ1n) is 14.3. The van der Waals surface area contributed by atoms with Crippen LogP contribution in [0.1, 0.15) is 26.3 Å². The number of hydrogen-bond donors (Lipinski definition) is 0. The van der Waals surface area contributed by atoms with Gasteiger partial charge in [-0.2, -0.15) is 0 Å². The fraction of sp³-hybridized carbons (Fsp3) is 0.103. The SMILES string of the molecule is CC(C)(C)c1ccc2c(c1)c1ccccc1n2-c1cccc(-c2ccc3c4ccccc4c4ccccc4c3n2)c1. The van der Waals surface area contributed by atoms with Crippen molar-refractivity contribution in [3.8, 4) is 16.9 Å². The second-order valence-corrected chi connectivity index (χ2v) is 12.1. The van der Waals surface area contributed by atoms with Crippen molar-refractivity contribution in [2.24, 2.45) is 0 Å². The first-order valence-corrected chi connectivity index (χ1v) is 14.3. The molecular weight excluding hydrogens is 496 g/mol. The molecule has 0 N–H and O–H groups in total. The van der Waals surface area contributed by atoms with Gasteiger partial charge in [0.15, 0.2) is 0 Å². The Kier molecular flexibility index (Phi) is 5.11. The number of benzene rings is 6. The van der Waals surface area contributed by atoms with Gasteiger partial charge in [0.25, 0.3) is 0 Å². The van der Waals surface area contributed by atoms with Crippen LogP contribution in [0.15, 0.2) is 127 Å². The minimum absolute atomic E-state index is 0.0918. The second kappa shape index (κ2) is 8.78. The van der Waals surface area contributed by atoms with Crippen LogP contribution >= 0.6 is 0 Å². The van der Waals surface area contributed by atoms with Crippen LogP contribution in [0.25, 0.3) is 71.2 Å². The van der Waals surface area contributed by atoms with Gasteiger partial charge in [-0.05, 0) is 69.6 Å². The highest BCUT2D eigenvalue weighted by atomic mass is 15.0. The quantitative estimate of drug-likeness (QED) is 0.205. The molecule has 2 nitrogen and oxygen atoms in total. The fourth-order valence-electron chi connectivity index (χ4n) is 6.44. The normalized spacial score (nSPS) is 12.3. The third-order valence-corrected chi connectivity index (χ3v) is 8.52. The van der Waals surface area contributed by atoms with E-state index in [2.05, 4.69) is 153 Å². The molecule has 0 fully saturated rings. The number of para-hydroxylation sites is 1. The van der Waals surface area contributed by atoms with E-state index in [1.54, 1.807) is 0 Å². The van der Waals surface area contributed by atoms with E-state index in [-0.39, 0.29) is 5.41 Å². The first-order chi connectivity index (χ1) is 20.0. The van der Waals surface area contributed by atoms with Crippen LogP contribution in [-0.2, 0) is 5.41 Å². The van der Waals surface area contributed by atoms with Gasteiger partial charge < -0.3 is 4.57 Å². The van der Waals surface area contributed by atoms with Crippen molar-refractivity contribution < 1.29 is 0 Å². The van der Waals surface area contributed by atoms with Gasteiger partial charge in [0.1, 0.15) is 0 Å². The standard InChI is InChI=1S/C39H30N2/c1-39(2,3)26-19-22-37-34(24-26)31-16-8-9-18-36(31)41(37)27-12-10-11-25(23-27)35-21-20-33-30-15-5-4-13-28(30)29-14-6-7-17-32(29)38(33)40-35/h4-24H,1-3H3.